The number of amides is 2. The van der Waals surface area contributed by atoms with Gasteiger partial charge in [0.2, 0.25) is 5.91 Å². The molecule has 0 aliphatic heterocycles. The van der Waals surface area contributed by atoms with Crippen LogP contribution in [0.15, 0.2) is 75.7 Å². The van der Waals surface area contributed by atoms with E-state index in [-0.39, 0.29) is 11.8 Å². The van der Waals surface area contributed by atoms with E-state index in [0.717, 1.165) is 14.5 Å². The Balaban J connectivity index is 1.63. The molecule has 0 fully saturated rings. The quantitative estimate of drug-likeness (QED) is 0.325. The predicted molar refractivity (Wildman–Crippen MR) is 132 cm³/mol. The van der Waals surface area contributed by atoms with Gasteiger partial charge in [0.05, 0.1) is 11.6 Å². The van der Waals surface area contributed by atoms with E-state index in [4.69, 9.17) is 16.3 Å². The molecule has 0 unspecified atom stereocenters. The van der Waals surface area contributed by atoms with Crippen LogP contribution < -0.4 is 15.4 Å². The smallest absolute Gasteiger partial charge is 0.255 e. The molecule has 2 amide bonds. The molecular weight excluding hydrogens is 548 g/mol. The molecule has 0 aromatic heterocycles. The number of benzene rings is 3. The molecule has 5 nitrogen and oxygen atoms in total. The minimum atomic E-state index is -0.297. The molecule has 0 spiro atoms. The molecule has 0 aliphatic carbocycles. The highest BCUT2D eigenvalue weighted by atomic mass is 79.9. The van der Waals surface area contributed by atoms with Gasteiger partial charge >= 0.3 is 0 Å². The maximum Gasteiger partial charge on any atom is 0.255 e. The molecule has 0 saturated carbocycles. The van der Waals surface area contributed by atoms with Gasteiger partial charge in [0.1, 0.15) is 5.75 Å². The average Bonchev–Trinajstić information content (AvgIpc) is 2.73. The van der Waals surface area contributed by atoms with Gasteiger partial charge in [-0.05, 0) is 76.6 Å². The van der Waals surface area contributed by atoms with Gasteiger partial charge in [-0.2, -0.15) is 0 Å². The van der Waals surface area contributed by atoms with Crippen molar-refractivity contribution in [2.45, 2.75) is 0 Å². The van der Waals surface area contributed by atoms with Crippen LogP contribution in [0, 0.1) is 0 Å². The van der Waals surface area contributed by atoms with Gasteiger partial charge in [-0.25, -0.2) is 0 Å². The predicted octanol–water partition coefficient (Wildman–Crippen LogP) is 6.78. The number of methoxy groups -OCH3 is 1. The standard InChI is InChI=1S/C23H17Br2ClN2O3/c1-31-22-14(11-16(24)13-20(22)25)5-10-21(29)27-18-6-8-19(9-7-18)28-23(30)15-3-2-4-17(26)12-15/h2-13H,1H3,(H,27,29)(H,28,30). The van der Waals surface area contributed by atoms with E-state index in [0.29, 0.717) is 27.7 Å². The highest BCUT2D eigenvalue weighted by Crippen LogP contribution is 2.33. The van der Waals surface area contributed by atoms with Gasteiger partial charge in [-0.1, -0.05) is 33.6 Å². The van der Waals surface area contributed by atoms with Crippen LogP contribution in [0.25, 0.3) is 6.08 Å². The van der Waals surface area contributed by atoms with Crippen molar-refractivity contribution in [3.8, 4) is 5.75 Å². The molecule has 3 aromatic carbocycles. The van der Waals surface area contributed by atoms with Crippen LogP contribution in [0.3, 0.4) is 0 Å². The summed E-state index contributed by atoms with van der Waals surface area (Å²) in [6, 6.07) is 17.2. The molecule has 158 valence electrons. The molecule has 0 heterocycles. The number of ether oxygens (including phenoxy) is 1. The first kappa shape index (κ1) is 23.1. The number of nitrogens with one attached hydrogen (secondary N) is 2. The Kier molecular flexibility index (Phi) is 7.90. The van der Waals surface area contributed by atoms with E-state index in [1.165, 1.54) is 6.08 Å². The fraction of sp³-hybridized carbons (Fsp3) is 0.0435. The zero-order valence-corrected chi connectivity index (χ0v) is 20.2. The molecule has 0 aliphatic rings. The summed E-state index contributed by atoms with van der Waals surface area (Å²) in [7, 11) is 1.57. The maximum atomic E-state index is 12.3. The number of carbonyl (C=O) groups excluding carboxylic acids is 2. The number of rotatable bonds is 6. The van der Waals surface area contributed by atoms with Crippen molar-refractivity contribution in [2.24, 2.45) is 0 Å². The highest BCUT2D eigenvalue weighted by Gasteiger charge is 2.09. The van der Waals surface area contributed by atoms with Crippen molar-refractivity contribution in [1.29, 1.82) is 0 Å². The lowest BCUT2D eigenvalue weighted by atomic mass is 10.2. The van der Waals surface area contributed by atoms with Crippen molar-refractivity contribution in [2.75, 3.05) is 17.7 Å². The lowest BCUT2D eigenvalue weighted by Crippen LogP contribution is -2.12. The van der Waals surface area contributed by atoms with Gasteiger partial charge in [-0.3, -0.25) is 9.59 Å². The Morgan fingerprint density at radius 2 is 1.65 bits per heavy atom. The summed E-state index contributed by atoms with van der Waals surface area (Å²) >= 11 is 12.8. The van der Waals surface area contributed by atoms with E-state index in [9.17, 15) is 9.59 Å². The first-order valence-electron chi connectivity index (χ1n) is 9.05. The van der Waals surface area contributed by atoms with Crippen molar-refractivity contribution < 1.29 is 14.3 Å². The van der Waals surface area contributed by atoms with Gasteiger partial charge in [0.25, 0.3) is 5.91 Å². The first-order valence-corrected chi connectivity index (χ1v) is 11.0. The van der Waals surface area contributed by atoms with Gasteiger partial charge < -0.3 is 15.4 Å². The Bertz CT molecular complexity index is 1150. The minimum absolute atomic E-state index is 0.267. The fourth-order valence-electron chi connectivity index (χ4n) is 2.74. The Hall–Kier alpha value is -2.61. The average molecular weight is 565 g/mol. The second kappa shape index (κ2) is 10.6. The van der Waals surface area contributed by atoms with E-state index in [2.05, 4.69) is 42.5 Å². The summed E-state index contributed by atoms with van der Waals surface area (Å²) < 4.78 is 7.01. The maximum absolute atomic E-state index is 12.3. The molecule has 3 rings (SSSR count). The van der Waals surface area contributed by atoms with Crippen molar-refractivity contribution >= 4 is 72.7 Å². The van der Waals surface area contributed by atoms with Crippen LogP contribution in [-0.2, 0) is 4.79 Å². The molecule has 0 bridgehead atoms. The van der Waals surface area contributed by atoms with Gasteiger partial charge in [0.15, 0.2) is 0 Å². The molecule has 0 saturated heterocycles. The summed E-state index contributed by atoms with van der Waals surface area (Å²) in [5, 5.41) is 6.06. The summed E-state index contributed by atoms with van der Waals surface area (Å²) in [6.07, 6.45) is 3.09. The monoisotopic (exact) mass is 562 g/mol. The van der Waals surface area contributed by atoms with E-state index in [1.54, 1.807) is 61.7 Å². The fourth-order valence-corrected chi connectivity index (χ4v) is 4.35. The van der Waals surface area contributed by atoms with Gasteiger partial charge in [0, 0.05) is 38.1 Å². The van der Waals surface area contributed by atoms with Crippen molar-refractivity contribution in [1.82, 2.24) is 0 Å². The van der Waals surface area contributed by atoms with Crippen LogP contribution >= 0.6 is 43.5 Å². The zero-order chi connectivity index (χ0) is 22.4. The third-order valence-corrected chi connectivity index (χ3v) is 5.43. The minimum Gasteiger partial charge on any atom is -0.495 e. The normalized spacial score (nSPS) is 10.7. The Labute approximate surface area is 201 Å². The zero-order valence-electron chi connectivity index (χ0n) is 16.3. The van der Waals surface area contributed by atoms with Crippen molar-refractivity contribution in [3.05, 3.63) is 91.8 Å². The molecule has 0 radical (unpaired) electrons. The number of hydrogen-bond donors (Lipinski definition) is 2. The van der Waals surface area contributed by atoms with Crippen LogP contribution in [0.5, 0.6) is 5.75 Å². The summed E-state index contributed by atoms with van der Waals surface area (Å²) in [6.45, 7) is 0. The van der Waals surface area contributed by atoms with E-state index in [1.807, 2.05) is 12.1 Å². The lowest BCUT2D eigenvalue weighted by molar-refractivity contribution is -0.111. The topological polar surface area (TPSA) is 67.4 Å². The molecule has 2 N–H and O–H groups in total. The Morgan fingerprint density at radius 1 is 0.968 bits per heavy atom. The second-order valence-electron chi connectivity index (χ2n) is 6.37. The SMILES string of the molecule is COc1c(Br)cc(Br)cc1C=CC(=O)Nc1ccc(NC(=O)c2cccc(Cl)c2)cc1. The number of hydrogen-bond acceptors (Lipinski definition) is 3. The number of halogens is 3. The third-order valence-electron chi connectivity index (χ3n) is 4.15. The summed E-state index contributed by atoms with van der Waals surface area (Å²) in [5.41, 5.74) is 2.41. The van der Waals surface area contributed by atoms with Crippen LogP contribution in [0.4, 0.5) is 11.4 Å². The molecule has 31 heavy (non-hydrogen) atoms. The summed E-state index contributed by atoms with van der Waals surface area (Å²) in [5.74, 6) is 0.0669. The Morgan fingerprint density at radius 3 is 2.29 bits per heavy atom. The van der Waals surface area contributed by atoms with Crippen molar-refractivity contribution in [3.63, 3.8) is 0 Å². The largest absolute Gasteiger partial charge is 0.495 e. The van der Waals surface area contributed by atoms with E-state index >= 15 is 0 Å². The molecule has 0 atom stereocenters. The van der Waals surface area contributed by atoms with E-state index < -0.39 is 0 Å². The lowest BCUT2D eigenvalue weighted by Gasteiger charge is -2.09. The number of carbonyl (C=O) groups is 2. The van der Waals surface area contributed by atoms with Gasteiger partial charge in [-0.15, -0.1) is 0 Å². The molecule has 3 aromatic rings. The van der Waals surface area contributed by atoms with Crippen LogP contribution in [0.2, 0.25) is 5.02 Å². The molecular formula is C23H17Br2ClN2O3. The highest BCUT2D eigenvalue weighted by molar-refractivity contribution is 9.11. The second-order valence-corrected chi connectivity index (χ2v) is 8.58. The first-order chi connectivity index (χ1) is 14.9. The molecule has 8 heteroatoms. The van der Waals surface area contributed by atoms with Crippen LogP contribution in [-0.4, -0.2) is 18.9 Å². The third kappa shape index (κ3) is 6.43. The summed E-state index contributed by atoms with van der Waals surface area (Å²) in [4.78, 5) is 24.6. The van der Waals surface area contributed by atoms with Crippen LogP contribution in [0.1, 0.15) is 15.9 Å². The number of anilines is 2.